The third-order valence-electron chi connectivity index (χ3n) is 6.31. The van der Waals surface area contributed by atoms with E-state index in [9.17, 15) is 19.2 Å². The zero-order valence-corrected chi connectivity index (χ0v) is 27.5. The molecule has 0 unspecified atom stereocenters. The van der Waals surface area contributed by atoms with E-state index in [1.165, 1.54) is 31.3 Å². The van der Waals surface area contributed by atoms with E-state index in [0.717, 1.165) is 11.3 Å². The lowest BCUT2D eigenvalue weighted by Gasteiger charge is -2.32. The first-order chi connectivity index (χ1) is 19.5. The van der Waals surface area contributed by atoms with Gasteiger partial charge in [-0.25, -0.2) is 14.6 Å². The summed E-state index contributed by atoms with van der Waals surface area (Å²) in [6, 6.07) is -0.683. The predicted octanol–water partition coefficient (Wildman–Crippen LogP) is 6.71. The van der Waals surface area contributed by atoms with Crippen molar-refractivity contribution >= 4 is 70.5 Å². The molecule has 1 N–H and O–H groups in total. The van der Waals surface area contributed by atoms with E-state index in [-0.39, 0.29) is 18.8 Å². The molecule has 9 nitrogen and oxygen atoms in total. The first-order valence-electron chi connectivity index (χ1n) is 13.4. The quantitative estimate of drug-likeness (QED) is 0.124. The number of halogens is 3. The van der Waals surface area contributed by atoms with Gasteiger partial charge in [0, 0.05) is 36.3 Å². The van der Waals surface area contributed by atoms with Crippen LogP contribution in [0.1, 0.15) is 77.4 Å². The fourth-order valence-corrected chi connectivity index (χ4v) is 5.10. The Morgan fingerprint density at radius 2 is 1.86 bits per heavy atom. The number of nitrogens with one attached hydrogen (secondary N) is 1. The van der Waals surface area contributed by atoms with Crippen LogP contribution in [0.25, 0.3) is 0 Å². The number of hydrogen-bond donors (Lipinski definition) is 1. The van der Waals surface area contributed by atoms with Gasteiger partial charge in [-0.15, -0.1) is 11.3 Å². The van der Waals surface area contributed by atoms with Gasteiger partial charge in [-0.05, 0) is 52.7 Å². The highest BCUT2D eigenvalue weighted by Gasteiger charge is 2.44. The van der Waals surface area contributed by atoms with Crippen LogP contribution in [0.5, 0.6) is 0 Å². The number of ether oxygens (including phenoxy) is 3. The van der Waals surface area contributed by atoms with Crippen LogP contribution in [-0.4, -0.2) is 56.9 Å². The summed E-state index contributed by atoms with van der Waals surface area (Å²) in [7, 11) is 0. The zero-order chi connectivity index (χ0) is 31.7. The van der Waals surface area contributed by atoms with Crippen LogP contribution >= 0.6 is 46.1 Å². The molecular weight excluding hydrogens is 627 g/mol. The molecule has 2 rings (SSSR count). The van der Waals surface area contributed by atoms with Crippen molar-refractivity contribution in [1.29, 1.82) is 0 Å². The summed E-state index contributed by atoms with van der Waals surface area (Å²) >= 11 is 19.3. The second-order valence-electron chi connectivity index (χ2n) is 10.8. The fourth-order valence-electron chi connectivity index (χ4n) is 4.03. The molecule has 0 spiro atoms. The molecule has 0 aliphatic carbocycles. The number of thiazole rings is 1. The van der Waals surface area contributed by atoms with Gasteiger partial charge in [-0.1, -0.05) is 59.5 Å². The average Bonchev–Trinajstić information content (AvgIpc) is 3.30. The first kappa shape index (κ1) is 35.8. The Morgan fingerprint density at radius 1 is 1.17 bits per heavy atom. The summed E-state index contributed by atoms with van der Waals surface area (Å²) in [6.07, 6.45) is 5.71. The monoisotopic (exact) mass is 662 g/mol. The molecule has 0 radical (unpaired) electrons. The lowest BCUT2D eigenvalue weighted by Crippen LogP contribution is -2.47. The maximum atomic E-state index is 12.9. The lowest BCUT2D eigenvalue weighted by atomic mass is 9.97. The molecule has 42 heavy (non-hydrogen) atoms. The third-order valence-corrected chi connectivity index (χ3v) is 8.57. The molecule has 232 valence electrons. The van der Waals surface area contributed by atoms with Gasteiger partial charge in [-0.2, -0.15) is 0 Å². The van der Waals surface area contributed by atoms with Crippen molar-refractivity contribution in [3.05, 3.63) is 51.5 Å². The maximum Gasteiger partial charge on any atom is 0.408 e. The number of fused-ring (bicyclic) bond motifs is 2. The van der Waals surface area contributed by atoms with Gasteiger partial charge in [0.1, 0.15) is 18.5 Å². The second kappa shape index (κ2) is 15.9. The summed E-state index contributed by atoms with van der Waals surface area (Å²) in [6.45, 7) is 10.1. The van der Waals surface area contributed by atoms with E-state index in [1.54, 1.807) is 32.1 Å². The molecular formula is C29H37Cl3N2O7S. The number of alkyl halides is 3. The predicted molar refractivity (Wildman–Crippen MR) is 164 cm³/mol. The van der Waals surface area contributed by atoms with Crippen molar-refractivity contribution in [2.45, 2.75) is 101 Å². The maximum absolute atomic E-state index is 12.9. The third kappa shape index (κ3) is 12.1. The number of alkyl carbamates (subject to hydrolysis) is 1. The molecule has 1 aromatic rings. The fraction of sp³-hybridized carbons (Fsp3) is 0.552. The highest BCUT2D eigenvalue weighted by Crippen LogP contribution is 2.40. The molecule has 13 heteroatoms. The molecule has 4 atom stereocenters. The Morgan fingerprint density at radius 3 is 2.50 bits per heavy atom. The van der Waals surface area contributed by atoms with Gasteiger partial charge < -0.3 is 19.5 Å². The summed E-state index contributed by atoms with van der Waals surface area (Å²) in [5.41, 5.74) is 0.558. The number of hydrogen-bond acceptors (Lipinski definition) is 9. The van der Waals surface area contributed by atoms with E-state index >= 15 is 0 Å². The smallest absolute Gasteiger partial charge is 0.408 e. The van der Waals surface area contributed by atoms with Gasteiger partial charge in [0.2, 0.25) is 3.79 Å². The number of esters is 2. The van der Waals surface area contributed by atoms with Crippen LogP contribution in [0.15, 0.2) is 40.8 Å². The molecule has 1 aliphatic heterocycles. The molecule has 1 aromatic heterocycles. The number of carbonyl (C=O) groups excluding carboxylic acids is 4. The van der Waals surface area contributed by atoms with Gasteiger partial charge in [0.25, 0.3) is 0 Å². The summed E-state index contributed by atoms with van der Waals surface area (Å²) < 4.78 is 14.7. The minimum atomic E-state index is -1.88. The van der Waals surface area contributed by atoms with Crippen molar-refractivity contribution in [3.63, 3.8) is 0 Å². The lowest BCUT2D eigenvalue weighted by molar-refractivity contribution is -0.148. The van der Waals surface area contributed by atoms with Gasteiger partial charge in [-0.3, -0.25) is 9.59 Å². The van der Waals surface area contributed by atoms with Gasteiger partial charge in [0.05, 0.1) is 17.1 Å². The summed E-state index contributed by atoms with van der Waals surface area (Å²) in [5.74, 6) is -1.28. The molecule has 1 amide bonds. The minimum Gasteiger partial charge on any atom is -0.462 e. The van der Waals surface area contributed by atoms with E-state index in [4.69, 9.17) is 54.0 Å². The normalized spacial score (nSPS) is 25.8. The van der Waals surface area contributed by atoms with Gasteiger partial charge >= 0.3 is 18.0 Å². The average molecular weight is 664 g/mol. The molecule has 0 fully saturated rings. The Kier molecular flexibility index (Phi) is 13.5. The molecule has 0 saturated heterocycles. The minimum absolute atomic E-state index is 0.127. The summed E-state index contributed by atoms with van der Waals surface area (Å²) in [5, 5.41) is 5.27. The molecule has 1 aliphatic rings. The van der Waals surface area contributed by atoms with Crippen LogP contribution in [0, 0.1) is 0 Å². The van der Waals surface area contributed by atoms with Crippen LogP contribution < -0.4 is 5.32 Å². The molecule has 2 heterocycles. The number of carbonyl (C=O) groups is 4. The van der Waals surface area contributed by atoms with Crippen molar-refractivity contribution in [1.82, 2.24) is 10.3 Å². The molecule has 2 bridgehead atoms. The summed E-state index contributed by atoms with van der Waals surface area (Å²) in [4.78, 5) is 54.1. The number of amides is 1. The number of aromatic nitrogens is 1. The van der Waals surface area contributed by atoms with Crippen molar-refractivity contribution in [2.24, 2.45) is 0 Å². The largest absolute Gasteiger partial charge is 0.462 e. The Hall–Kier alpha value is -2.40. The van der Waals surface area contributed by atoms with Crippen molar-refractivity contribution < 1.29 is 33.4 Å². The van der Waals surface area contributed by atoms with Crippen LogP contribution in [0.4, 0.5) is 4.79 Å². The highest BCUT2D eigenvalue weighted by molar-refractivity contribution is 7.09. The second-order valence-corrected chi connectivity index (χ2v) is 14.1. The van der Waals surface area contributed by atoms with Crippen LogP contribution in [0.3, 0.4) is 0 Å². The number of rotatable bonds is 4. The Bertz CT molecular complexity index is 1220. The Balaban J connectivity index is 2.37. The zero-order valence-electron chi connectivity index (χ0n) is 24.4. The first-order valence-corrected chi connectivity index (χ1v) is 15.4. The number of allylic oxidation sites excluding steroid dienone is 3. The van der Waals surface area contributed by atoms with E-state index in [1.807, 2.05) is 19.2 Å². The number of aldehydes is 1. The van der Waals surface area contributed by atoms with E-state index in [0.29, 0.717) is 29.7 Å². The molecule has 0 aromatic carbocycles. The number of nitrogens with zero attached hydrogens (tertiary/aromatic N) is 1. The van der Waals surface area contributed by atoms with Crippen molar-refractivity contribution in [2.75, 3.05) is 0 Å². The van der Waals surface area contributed by atoms with Crippen LogP contribution in [-0.2, 0) is 35.0 Å². The van der Waals surface area contributed by atoms with E-state index in [2.05, 4.69) is 5.32 Å². The van der Waals surface area contributed by atoms with Crippen molar-refractivity contribution in [3.8, 4) is 0 Å². The molecule has 0 saturated carbocycles. The highest BCUT2D eigenvalue weighted by atomic mass is 35.6. The van der Waals surface area contributed by atoms with Gasteiger partial charge in [0.15, 0.2) is 5.60 Å². The topological polar surface area (TPSA) is 121 Å². The van der Waals surface area contributed by atoms with E-state index < -0.39 is 45.7 Å². The number of cyclic esters (lactones) is 2. The van der Waals surface area contributed by atoms with Crippen LogP contribution in [0.2, 0.25) is 0 Å². The SMILES string of the molecule is C/C(C=O)=C\[C@@H]1Cc2nc(cs2)[C@@H](C)C[C@@H](NC(=O)OC(C)(C)C(Cl)(Cl)Cl)CC(=O)O[C@@H](C)C/C(C)=C/C=C\C(=O)O1. The standard InChI is InChI=1S/C29H37Cl3N2O7S/c1-17-8-7-9-25(36)40-22(11-18(2)15-35)14-24-34-23(16-42-24)19(3)12-21(13-26(37)39-20(4)10-17)33-27(38)41-28(5,6)29(30,31)32/h7-9,11,15-16,19-22H,10,12-14H2,1-6H3,(H,33,38)/b9-7-,17-8+,18-11+/t19-,20-,21+,22+/m0/s1. The Labute approximate surface area is 265 Å².